The van der Waals surface area contributed by atoms with Gasteiger partial charge in [0.2, 0.25) is 0 Å². The second kappa shape index (κ2) is 14.2. The van der Waals surface area contributed by atoms with Gasteiger partial charge in [-0.25, -0.2) is 0 Å². The fourth-order valence-electron chi connectivity index (χ4n) is 9.74. The van der Waals surface area contributed by atoms with Crippen LogP contribution in [0.15, 0.2) is 231 Å². The van der Waals surface area contributed by atoms with E-state index in [1.165, 1.54) is 0 Å². The number of benzene rings is 10. The van der Waals surface area contributed by atoms with Crippen LogP contribution in [0.25, 0.3) is 66.1 Å². The molecule has 2 atom stereocenters. The molecule has 10 aromatic rings. The number of hydrogen-bond donors (Lipinski definition) is 2. The van der Waals surface area contributed by atoms with E-state index >= 15 is 0 Å². The smallest absolute Gasteiger partial charge is 0.141 e. The van der Waals surface area contributed by atoms with Crippen molar-refractivity contribution in [3.05, 3.63) is 264 Å². The molecular weight excluding hydrogens is 729 g/mol. The predicted molar refractivity (Wildman–Crippen MR) is 247 cm³/mol. The number of hydrogen-bond acceptors (Lipinski definition) is 2. The largest absolute Gasteiger partial charge is 0.376 e. The van der Waals surface area contributed by atoms with Crippen molar-refractivity contribution < 1.29 is 10.2 Å². The Labute approximate surface area is 350 Å². The van der Waals surface area contributed by atoms with Gasteiger partial charge in [-0.3, -0.25) is 0 Å². The first-order valence-corrected chi connectivity index (χ1v) is 20.5. The number of fused-ring (bicyclic) bond motifs is 4. The first-order valence-electron chi connectivity index (χ1n) is 20.5. The minimum atomic E-state index is -1.64. The van der Waals surface area contributed by atoms with Crippen LogP contribution in [0.5, 0.6) is 0 Å². The molecular formula is C58H40O2. The fourth-order valence-corrected chi connectivity index (χ4v) is 9.74. The summed E-state index contributed by atoms with van der Waals surface area (Å²) in [5.74, 6) is 0. The van der Waals surface area contributed by atoms with E-state index in [1.807, 2.05) is 60.7 Å². The Morgan fingerprint density at radius 1 is 0.250 bits per heavy atom. The Hall–Kier alpha value is -7.36. The lowest BCUT2D eigenvalue weighted by Gasteiger charge is -2.45. The third-order valence-electron chi connectivity index (χ3n) is 12.6. The molecule has 2 nitrogen and oxygen atoms in total. The molecule has 0 saturated heterocycles. The highest BCUT2D eigenvalue weighted by molar-refractivity contribution is 5.98. The molecule has 10 aromatic carbocycles. The molecule has 0 bridgehead atoms. The average Bonchev–Trinajstić information content (AvgIpc) is 3.33. The van der Waals surface area contributed by atoms with Crippen LogP contribution in [0, 0.1) is 0 Å². The molecule has 11 rings (SSSR count). The molecule has 0 spiro atoms. The highest BCUT2D eigenvalue weighted by Gasteiger charge is 2.51. The monoisotopic (exact) mass is 768 g/mol. The first kappa shape index (κ1) is 35.8. The summed E-state index contributed by atoms with van der Waals surface area (Å²) in [7, 11) is 0. The molecule has 0 fully saturated rings. The second-order valence-electron chi connectivity index (χ2n) is 15.9. The van der Waals surface area contributed by atoms with Crippen molar-refractivity contribution in [2.24, 2.45) is 0 Å². The highest BCUT2D eigenvalue weighted by atomic mass is 16.3. The molecule has 1 aliphatic carbocycles. The molecule has 0 radical (unpaired) electrons. The summed E-state index contributed by atoms with van der Waals surface area (Å²) in [6, 6.07) is 79.1. The quantitative estimate of drug-likeness (QED) is 0.177. The van der Waals surface area contributed by atoms with Crippen molar-refractivity contribution in [1.82, 2.24) is 0 Å². The summed E-state index contributed by atoms with van der Waals surface area (Å²) in [6.07, 6.45) is 0. The van der Waals surface area contributed by atoms with E-state index in [4.69, 9.17) is 0 Å². The van der Waals surface area contributed by atoms with Gasteiger partial charge in [-0.2, -0.15) is 0 Å². The van der Waals surface area contributed by atoms with Gasteiger partial charge in [0.15, 0.2) is 0 Å². The van der Waals surface area contributed by atoms with Crippen molar-refractivity contribution >= 4 is 21.5 Å². The summed E-state index contributed by atoms with van der Waals surface area (Å²) in [4.78, 5) is 0. The molecule has 2 heteroatoms. The standard InChI is InChI=1S/C58H40O2/c59-57(45-24-12-22-42(36-45)51-30-14-20-40-18-4-6-26-48(40)51)53-32-10-11-33-54(53)58(60,46-25-13-23-43(37-46)52-31-15-21-41-19-5-7-27-49(41)52)56-38-44(34-35-55(56)57)50-29-9-8-28-47(50)39-16-2-1-3-17-39/h1-38,59-60H. The van der Waals surface area contributed by atoms with Gasteiger partial charge in [-0.1, -0.05) is 212 Å². The molecule has 0 aliphatic heterocycles. The Kier molecular flexibility index (Phi) is 8.45. The van der Waals surface area contributed by atoms with Crippen molar-refractivity contribution in [2.45, 2.75) is 11.2 Å². The van der Waals surface area contributed by atoms with Crippen LogP contribution in [0.1, 0.15) is 33.4 Å². The van der Waals surface area contributed by atoms with Gasteiger partial charge in [0.25, 0.3) is 0 Å². The Bertz CT molecular complexity index is 3240. The number of aliphatic hydroxyl groups is 2. The van der Waals surface area contributed by atoms with E-state index in [1.54, 1.807) is 0 Å². The molecule has 0 amide bonds. The average molecular weight is 769 g/mol. The third kappa shape index (κ3) is 5.57. The lowest BCUT2D eigenvalue weighted by molar-refractivity contribution is 0.0749. The maximum Gasteiger partial charge on any atom is 0.141 e. The first-order chi connectivity index (χ1) is 29.5. The maximum absolute atomic E-state index is 13.9. The minimum absolute atomic E-state index is 0.634. The molecule has 2 unspecified atom stereocenters. The fraction of sp³-hybridized carbons (Fsp3) is 0.0345. The molecule has 60 heavy (non-hydrogen) atoms. The molecule has 1 aliphatic rings. The topological polar surface area (TPSA) is 40.5 Å². The zero-order chi connectivity index (χ0) is 40.3. The maximum atomic E-state index is 13.9. The Balaban J connectivity index is 1.17. The second-order valence-corrected chi connectivity index (χ2v) is 15.9. The van der Waals surface area contributed by atoms with Crippen molar-refractivity contribution in [1.29, 1.82) is 0 Å². The van der Waals surface area contributed by atoms with Crippen LogP contribution in [0.3, 0.4) is 0 Å². The van der Waals surface area contributed by atoms with Crippen LogP contribution in [-0.2, 0) is 11.2 Å². The third-order valence-corrected chi connectivity index (χ3v) is 12.6. The van der Waals surface area contributed by atoms with E-state index in [0.717, 1.165) is 77.2 Å². The van der Waals surface area contributed by atoms with Crippen LogP contribution < -0.4 is 0 Å². The van der Waals surface area contributed by atoms with Crippen LogP contribution in [-0.4, -0.2) is 10.2 Å². The van der Waals surface area contributed by atoms with Gasteiger partial charge >= 0.3 is 0 Å². The van der Waals surface area contributed by atoms with Gasteiger partial charge in [-0.15, -0.1) is 0 Å². The van der Waals surface area contributed by atoms with Gasteiger partial charge in [-0.05, 0) is 118 Å². The van der Waals surface area contributed by atoms with E-state index in [2.05, 4.69) is 170 Å². The van der Waals surface area contributed by atoms with Crippen LogP contribution >= 0.6 is 0 Å². The summed E-state index contributed by atoms with van der Waals surface area (Å²) < 4.78 is 0. The zero-order valence-corrected chi connectivity index (χ0v) is 32.8. The minimum Gasteiger partial charge on any atom is -0.376 e. The molecule has 2 N–H and O–H groups in total. The SMILES string of the molecule is OC1(c2cccc(-c3cccc4ccccc34)c2)c2ccccc2C(O)(c2cccc(-c3cccc4ccccc34)c2)c2cc(-c3ccccc3-c3ccccc3)ccc21. The van der Waals surface area contributed by atoms with Crippen molar-refractivity contribution in [2.75, 3.05) is 0 Å². The van der Waals surface area contributed by atoms with Crippen molar-refractivity contribution in [3.8, 4) is 44.5 Å². The van der Waals surface area contributed by atoms with Crippen LogP contribution in [0.4, 0.5) is 0 Å². The van der Waals surface area contributed by atoms with E-state index in [-0.39, 0.29) is 0 Å². The Morgan fingerprint density at radius 3 is 1.22 bits per heavy atom. The summed E-state index contributed by atoms with van der Waals surface area (Å²) >= 11 is 0. The lowest BCUT2D eigenvalue weighted by atomic mass is 9.63. The van der Waals surface area contributed by atoms with Gasteiger partial charge in [0.05, 0.1) is 0 Å². The van der Waals surface area contributed by atoms with E-state index < -0.39 is 11.2 Å². The zero-order valence-electron chi connectivity index (χ0n) is 32.8. The van der Waals surface area contributed by atoms with Crippen molar-refractivity contribution in [3.63, 3.8) is 0 Å². The summed E-state index contributed by atoms with van der Waals surface area (Å²) in [5, 5.41) is 32.3. The molecule has 0 heterocycles. The predicted octanol–water partition coefficient (Wildman–Crippen LogP) is 13.5. The normalized spacial score (nSPS) is 17.0. The Morgan fingerprint density at radius 2 is 0.633 bits per heavy atom. The molecule has 0 saturated carbocycles. The summed E-state index contributed by atoms with van der Waals surface area (Å²) in [5.41, 5.74) is 9.14. The molecule has 284 valence electrons. The van der Waals surface area contributed by atoms with E-state index in [0.29, 0.717) is 22.3 Å². The van der Waals surface area contributed by atoms with Gasteiger partial charge in [0.1, 0.15) is 11.2 Å². The van der Waals surface area contributed by atoms with E-state index in [9.17, 15) is 10.2 Å². The van der Waals surface area contributed by atoms with Gasteiger partial charge in [0, 0.05) is 0 Å². The van der Waals surface area contributed by atoms with Gasteiger partial charge < -0.3 is 10.2 Å². The molecule has 0 aromatic heterocycles. The van der Waals surface area contributed by atoms with Crippen LogP contribution in [0.2, 0.25) is 0 Å². The highest BCUT2D eigenvalue weighted by Crippen LogP contribution is 2.55. The lowest BCUT2D eigenvalue weighted by Crippen LogP contribution is -2.44. The number of rotatable bonds is 6. The summed E-state index contributed by atoms with van der Waals surface area (Å²) in [6.45, 7) is 0.